The quantitative estimate of drug-likeness (QED) is 0.647. The molecule has 1 aliphatic carbocycles. The molecule has 5 heteroatoms. The van der Waals surface area contributed by atoms with Gasteiger partial charge in [-0.1, -0.05) is 20.8 Å². The summed E-state index contributed by atoms with van der Waals surface area (Å²) in [7, 11) is -1.91. The van der Waals surface area contributed by atoms with Crippen LogP contribution in [-0.4, -0.2) is 8.32 Å². The minimum atomic E-state index is -1.91. The van der Waals surface area contributed by atoms with Gasteiger partial charge in [-0.15, -0.1) is 0 Å². The van der Waals surface area contributed by atoms with Crippen molar-refractivity contribution in [2.24, 2.45) is 0 Å². The van der Waals surface area contributed by atoms with Crippen LogP contribution in [-0.2, 0) is 10.8 Å². The molecule has 0 heterocycles. The van der Waals surface area contributed by atoms with Crippen LogP contribution in [0.4, 0.5) is 4.39 Å². The highest BCUT2D eigenvalue weighted by Crippen LogP contribution is 2.45. The van der Waals surface area contributed by atoms with E-state index in [1.54, 1.807) is 6.07 Å². The van der Waals surface area contributed by atoms with Gasteiger partial charge < -0.3 is 4.43 Å². The number of nitrogens with zero attached hydrogens (tertiary/aromatic N) is 1. The van der Waals surface area contributed by atoms with Crippen LogP contribution in [0.15, 0.2) is 10.5 Å². The molecule has 0 amide bonds. The van der Waals surface area contributed by atoms with Gasteiger partial charge in [0.2, 0.25) is 0 Å². The van der Waals surface area contributed by atoms with Gasteiger partial charge in [-0.05, 0) is 64.1 Å². The summed E-state index contributed by atoms with van der Waals surface area (Å²) >= 11 is 3.18. The highest BCUT2D eigenvalue weighted by atomic mass is 79.9. The van der Waals surface area contributed by atoms with Crippen molar-refractivity contribution in [1.29, 1.82) is 5.26 Å². The fraction of sp³-hybridized carbons (Fsp3) is 0.562. The lowest BCUT2D eigenvalue weighted by atomic mass is 10.1. The van der Waals surface area contributed by atoms with Gasteiger partial charge in [-0.3, -0.25) is 0 Å². The Morgan fingerprint density at radius 2 is 2.05 bits per heavy atom. The standard InChI is InChI=1S/C16H21BrFNOSi/c1-16(2,3)21(4,5)20-13-7-6-11-12(13)8-10(9-19)14(17)15(11)18/h8,13H,6-7H2,1-5H3. The van der Waals surface area contributed by atoms with E-state index in [0.717, 1.165) is 12.0 Å². The maximum Gasteiger partial charge on any atom is 0.192 e. The van der Waals surface area contributed by atoms with Crippen molar-refractivity contribution >= 4 is 24.2 Å². The third kappa shape index (κ3) is 2.94. The van der Waals surface area contributed by atoms with Crippen molar-refractivity contribution in [2.45, 2.75) is 57.8 Å². The molecule has 0 radical (unpaired) electrons. The average molecular weight is 370 g/mol. The lowest BCUT2D eigenvalue weighted by Gasteiger charge is -2.38. The molecule has 1 atom stereocenters. The number of hydrogen-bond donors (Lipinski definition) is 0. The van der Waals surface area contributed by atoms with E-state index in [0.29, 0.717) is 17.5 Å². The van der Waals surface area contributed by atoms with Crippen molar-refractivity contribution in [3.05, 3.63) is 33.0 Å². The van der Waals surface area contributed by atoms with Crippen LogP contribution in [0, 0.1) is 17.1 Å². The molecule has 114 valence electrons. The number of halogens is 2. The Morgan fingerprint density at radius 3 is 2.57 bits per heavy atom. The summed E-state index contributed by atoms with van der Waals surface area (Å²) < 4.78 is 21.1. The number of hydrogen-bond acceptors (Lipinski definition) is 2. The Kier molecular flexibility index (Phi) is 4.36. The summed E-state index contributed by atoms with van der Waals surface area (Å²) in [4.78, 5) is 0. The van der Waals surface area contributed by atoms with Crippen LogP contribution in [0.1, 0.15) is 50.0 Å². The first-order chi connectivity index (χ1) is 9.58. The van der Waals surface area contributed by atoms with E-state index in [9.17, 15) is 4.39 Å². The summed E-state index contributed by atoms with van der Waals surface area (Å²) in [5, 5.41) is 9.26. The molecule has 1 aromatic carbocycles. The Morgan fingerprint density at radius 1 is 1.43 bits per heavy atom. The second kappa shape index (κ2) is 5.49. The topological polar surface area (TPSA) is 33.0 Å². The Labute approximate surface area is 135 Å². The average Bonchev–Trinajstić information content (AvgIpc) is 2.75. The number of rotatable bonds is 2. The molecule has 0 aromatic heterocycles. The van der Waals surface area contributed by atoms with Crippen molar-refractivity contribution < 1.29 is 8.82 Å². The first-order valence-electron chi connectivity index (χ1n) is 7.17. The zero-order valence-electron chi connectivity index (χ0n) is 13.2. The van der Waals surface area contributed by atoms with Gasteiger partial charge in [0.1, 0.15) is 11.9 Å². The van der Waals surface area contributed by atoms with E-state index in [-0.39, 0.29) is 21.4 Å². The lowest BCUT2D eigenvalue weighted by Crippen LogP contribution is -2.41. The SMILES string of the molecule is CC(C)(C)[Si](C)(C)OC1CCc2c1cc(C#N)c(Br)c2F. The Hall–Kier alpha value is -0.703. The normalized spacial score (nSPS) is 18.5. The summed E-state index contributed by atoms with van der Waals surface area (Å²) in [6.07, 6.45) is 1.38. The molecule has 1 unspecified atom stereocenters. The van der Waals surface area contributed by atoms with E-state index in [1.165, 1.54) is 0 Å². The predicted octanol–water partition coefficient (Wildman–Crippen LogP) is 5.47. The van der Waals surface area contributed by atoms with Gasteiger partial charge in [-0.2, -0.15) is 5.26 Å². The number of nitriles is 1. The van der Waals surface area contributed by atoms with E-state index in [2.05, 4.69) is 49.8 Å². The second-order valence-corrected chi connectivity index (χ2v) is 12.7. The molecule has 0 bridgehead atoms. The van der Waals surface area contributed by atoms with Crippen LogP contribution in [0.25, 0.3) is 0 Å². The van der Waals surface area contributed by atoms with Crippen LogP contribution in [0.5, 0.6) is 0 Å². The van der Waals surface area contributed by atoms with Crippen LogP contribution < -0.4 is 0 Å². The number of benzene rings is 1. The van der Waals surface area contributed by atoms with Crippen LogP contribution in [0.3, 0.4) is 0 Å². The largest absolute Gasteiger partial charge is 0.410 e. The molecular weight excluding hydrogens is 349 g/mol. The molecule has 0 spiro atoms. The van der Waals surface area contributed by atoms with E-state index in [1.807, 2.05) is 6.07 Å². The van der Waals surface area contributed by atoms with Crippen molar-refractivity contribution in [3.63, 3.8) is 0 Å². The zero-order chi connectivity index (χ0) is 16.0. The van der Waals surface area contributed by atoms with E-state index in [4.69, 9.17) is 9.69 Å². The van der Waals surface area contributed by atoms with Crippen LogP contribution >= 0.6 is 15.9 Å². The van der Waals surface area contributed by atoms with Gasteiger partial charge in [-0.25, -0.2) is 4.39 Å². The molecule has 1 aliphatic rings. The van der Waals surface area contributed by atoms with Crippen LogP contribution in [0.2, 0.25) is 18.1 Å². The molecule has 0 N–H and O–H groups in total. The maximum atomic E-state index is 14.3. The summed E-state index contributed by atoms with van der Waals surface area (Å²) in [5.74, 6) is -0.301. The smallest absolute Gasteiger partial charge is 0.192 e. The van der Waals surface area contributed by atoms with E-state index >= 15 is 0 Å². The zero-order valence-corrected chi connectivity index (χ0v) is 15.8. The van der Waals surface area contributed by atoms with Gasteiger partial charge in [0.15, 0.2) is 8.32 Å². The highest BCUT2D eigenvalue weighted by Gasteiger charge is 2.41. The molecule has 0 fully saturated rings. The molecule has 0 saturated carbocycles. The minimum Gasteiger partial charge on any atom is -0.410 e. The molecule has 0 aliphatic heterocycles. The fourth-order valence-electron chi connectivity index (χ4n) is 2.39. The summed E-state index contributed by atoms with van der Waals surface area (Å²) in [6, 6.07) is 3.83. The maximum absolute atomic E-state index is 14.3. The minimum absolute atomic E-state index is 0.0874. The second-order valence-electron chi connectivity index (χ2n) is 7.14. The summed E-state index contributed by atoms with van der Waals surface area (Å²) in [5.41, 5.74) is 1.90. The summed E-state index contributed by atoms with van der Waals surface area (Å²) in [6.45, 7) is 11.0. The lowest BCUT2D eigenvalue weighted by molar-refractivity contribution is 0.185. The molecular formula is C16H21BrFNOSi. The third-order valence-corrected chi connectivity index (χ3v) is 9.97. The monoisotopic (exact) mass is 369 g/mol. The first kappa shape index (κ1) is 16.7. The Balaban J connectivity index is 2.40. The molecule has 2 rings (SSSR count). The van der Waals surface area contributed by atoms with Gasteiger partial charge in [0.05, 0.1) is 16.1 Å². The fourth-order valence-corrected chi connectivity index (χ4v) is 4.14. The van der Waals surface area contributed by atoms with Gasteiger partial charge in [0.25, 0.3) is 0 Å². The van der Waals surface area contributed by atoms with Crippen molar-refractivity contribution in [1.82, 2.24) is 0 Å². The molecule has 21 heavy (non-hydrogen) atoms. The number of fused-ring (bicyclic) bond motifs is 1. The predicted molar refractivity (Wildman–Crippen MR) is 88.2 cm³/mol. The molecule has 2 nitrogen and oxygen atoms in total. The van der Waals surface area contributed by atoms with Gasteiger partial charge in [0, 0.05) is 0 Å². The van der Waals surface area contributed by atoms with Crippen molar-refractivity contribution in [3.8, 4) is 6.07 Å². The first-order valence-corrected chi connectivity index (χ1v) is 10.9. The third-order valence-electron chi connectivity index (χ3n) is 4.71. The molecule has 1 aromatic rings. The Bertz CT molecular complexity index is 616. The molecule has 0 saturated heterocycles. The highest BCUT2D eigenvalue weighted by molar-refractivity contribution is 9.10. The van der Waals surface area contributed by atoms with Crippen molar-refractivity contribution in [2.75, 3.05) is 0 Å². The van der Waals surface area contributed by atoms with Gasteiger partial charge >= 0.3 is 0 Å². The van der Waals surface area contributed by atoms with E-state index < -0.39 is 8.32 Å².